The zero-order chi connectivity index (χ0) is 25.2. The van der Waals surface area contributed by atoms with Gasteiger partial charge in [0.25, 0.3) is 15.9 Å². The molecule has 0 bridgehead atoms. The van der Waals surface area contributed by atoms with Crippen LogP contribution in [0.5, 0.6) is 11.5 Å². The van der Waals surface area contributed by atoms with Crippen LogP contribution in [0, 0.1) is 0 Å². The summed E-state index contributed by atoms with van der Waals surface area (Å²) in [5.74, 6) is 1.16. The SMILES string of the molecule is CCN(c1ccc2sc(C(=O)N(C)c3ccc(OC)cc3)cc2c1)S(=O)(=O)c1ccc(OC)cc1. The van der Waals surface area contributed by atoms with Gasteiger partial charge in [0.15, 0.2) is 0 Å². The lowest BCUT2D eigenvalue weighted by Gasteiger charge is -2.23. The van der Waals surface area contributed by atoms with Gasteiger partial charge >= 0.3 is 0 Å². The number of rotatable bonds is 8. The van der Waals surface area contributed by atoms with Crippen LogP contribution in [-0.4, -0.2) is 42.1 Å². The monoisotopic (exact) mass is 510 g/mol. The van der Waals surface area contributed by atoms with Crippen molar-refractivity contribution in [3.05, 3.63) is 77.7 Å². The Morgan fingerprint density at radius 3 is 2.00 bits per heavy atom. The first-order chi connectivity index (χ1) is 16.8. The number of thiophene rings is 1. The number of nitrogens with zero attached hydrogens (tertiary/aromatic N) is 2. The molecule has 0 atom stereocenters. The van der Waals surface area contributed by atoms with Crippen molar-refractivity contribution in [3.63, 3.8) is 0 Å². The summed E-state index contributed by atoms with van der Waals surface area (Å²) >= 11 is 1.37. The standard InChI is InChI=1S/C26H26N2O5S2/c1-5-28(35(30,31)23-13-11-22(33-4)12-14-23)20-8-15-24-18(16-20)17-25(34-24)26(29)27(2)19-6-9-21(32-3)10-7-19/h6-17H,5H2,1-4H3. The van der Waals surface area contributed by atoms with Crippen molar-refractivity contribution in [1.29, 1.82) is 0 Å². The Morgan fingerprint density at radius 2 is 1.43 bits per heavy atom. The predicted molar refractivity (Wildman–Crippen MR) is 141 cm³/mol. The number of hydrogen-bond donors (Lipinski definition) is 0. The second-order valence-corrected chi connectivity index (χ2v) is 10.7. The molecule has 0 radical (unpaired) electrons. The van der Waals surface area contributed by atoms with Gasteiger partial charge in [-0.15, -0.1) is 11.3 Å². The molecular formula is C26H26N2O5S2. The molecule has 1 heterocycles. The Balaban J connectivity index is 1.63. The zero-order valence-electron chi connectivity index (χ0n) is 19.9. The number of methoxy groups -OCH3 is 2. The molecule has 0 saturated heterocycles. The van der Waals surface area contributed by atoms with Gasteiger partial charge in [0.05, 0.1) is 29.7 Å². The number of carbonyl (C=O) groups excluding carboxylic acids is 1. The topological polar surface area (TPSA) is 76.2 Å². The number of fused-ring (bicyclic) bond motifs is 1. The first kappa shape index (κ1) is 24.6. The third-order valence-corrected chi connectivity index (χ3v) is 8.72. The summed E-state index contributed by atoms with van der Waals surface area (Å²) in [5.41, 5.74) is 1.29. The van der Waals surface area contributed by atoms with Gasteiger partial charge in [-0.25, -0.2) is 8.42 Å². The molecule has 0 spiro atoms. The predicted octanol–water partition coefficient (Wildman–Crippen LogP) is 5.41. The summed E-state index contributed by atoms with van der Waals surface area (Å²) in [6, 6.07) is 20.8. The van der Waals surface area contributed by atoms with Crippen molar-refractivity contribution in [1.82, 2.24) is 0 Å². The first-order valence-electron chi connectivity index (χ1n) is 10.9. The second-order valence-electron chi connectivity index (χ2n) is 7.74. The molecule has 0 saturated carbocycles. The normalized spacial score (nSPS) is 11.3. The molecule has 0 aliphatic carbocycles. The lowest BCUT2D eigenvalue weighted by Crippen LogP contribution is -2.30. The third kappa shape index (κ3) is 4.82. The minimum atomic E-state index is -3.77. The summed E-state index contributed by atoms with van der Waals surface area (Å²) in [6.45, 7) is 2.05. The van der Waals surface area contributed by atoms with Gasteiger partial charge in [-0.2, -0.15) is 0 Å². The van der Waals surface area contributed by atoms with Crippen LogP contribution in [0.15, 0.2) is 77.7 Å². The summed E-state index contributed by atoms with van der Waals surface area (Å²) < 4.78 is 39.2. The fraction of sp³-hybridized carbons (Fsp3) is 0.192. The molecule has 1 amide bonds. The average molecular weight is 511 g/mol. The van der Waals surface area contributed by atoms with E-state index in [4.69, 9.17) is 9.47 Å². The number of carbonyl (C=O) groups is 1. The second kappa shape index (κ2) is 9.97. The van der Waals surface area contributed by atoms with Gasteiger partial charge in [-0.05, 0) is 85.1 Å². The summed E-state index contributed by atoms with van der Waals surface area (Å²) in [7, 11) is 1.08. The fourth-order valence-electron chi connectivity index (χ4n) is 3.75. The number of anilines is 2. The zero-order valence-corrected chi connectivity index (χ0v) is 21.5. The van der Waals surface area contributed by atoms with Crippen LogP contribution in [0.3, 0.4) is 0 Å². The van der Waals surface area contributed by atoms with E-state index in [0.29, 0.717) is 22.1 Å². The van der Waals surface area contributed by atoms with Gasteiger partial charge in [-0.3, -0.25) is 9.10 Å². The van der Waals surface area contributed by atoms with Crippen molar-refractivity contribution in [2.75, 3.05) is 37.0 Å². The van der Waals surface area contributed by atoms with E-state index in [1.165, 1.54) is 34.9 Å². The number of ether oxygens (including phenoxy) is 2. The Kier molecular flexibility index (Phi) is 7.00. The van der Waals surface area contributed by atoms with Gasteiger partial charge < -0.3 is 14.4 Å². The van der Waals surface area contributed by atoms with Crippen LogP contribution in [0.2, 0.25) is 0 Å². The van der Waals surface area contributed by atoms with Crippen LogP contribution in [-0.2, 0) is 10.0 Å². The number of benzene rings is 3. The molecule has 0 unspecified atom stereocenters. The average Bonchev–Trinajstić information content (AvgIpc) is 3.31. The molecule has 7 nitrogen and oxygen atoms in total. The van der Waals surface area contributed by atoms with Crippen molar-refractivity contribution in [2.24, 2.45) is 0 Å². The van der Waals surface area contributed by atoms with Gasteiger partial charge in [-0.1, -0.05) is 0 Å². The summed E-state index contributed by atoms with van der Waals surface area (Å²) in [6.07, 6.45) is 0. The highest BCUT2D eigenvalue weighted by molar-refractivity contribution is 7.92. The number of hydrogen-bond acceptors (Lipinski definition) is 6. The van der Waals surface area contributed by atoms with Crippen molar-refractivity contribution < 1.29 is 22.7 Å². The molecule has 0 N–H and O–H groups in total. The molecule has 4 aromatic rings. The fourth-order valence-corrected chi connectivity index (χ4v) is 6.23. The van der Waals surface area contributed by atoms with E-state index < -0.39 is 10.0 Å². The minimum absolute atomic E-state index is 0.142. The lowest BCUT2D eigenvalue weighted by atomic mass is 10.2. The van der Waals surface area contributed by atoms with E-state index >= 15 is 0 Å². The molecule has 1 aromatic heterocycles. The van der Waals surface area contributed by atoms with Crippen molar-refractivity contribution in [3.8, 4) is 11.5 Å². The summed E-state index contributed by atoms with van der Waals surface area (Å²) in [4.78, 5) is 15.5. The quantitative estimate of drug-likeness (QED) is 0.317. The molecule has 9 heteroatoms. The van der Waals surface area contributed by atoms with Crippen LogP contribution < -0.4 is 18.7 Å². The van der Waals surface area contributed by atoms with E-state index in [1.807, 2.05) is 18.2 Å². The molecule has 0 aliphatic heterocycles. The van der Waals surface area contributed by atoms with Crippen LogP contribution in [0.4, 0.5) is 11.4 Å². The van der Waals surface area contributed by atoms with E-state index in [0.717, 1.165) is 15.8 Å². The van der Waals surface area contributed by atoms with E-state index in [2.05, 4.69) is 0 Å². The van der Waals surface area contributed by atoms with Gasteiger partial charge in [0, 0.05) is 24.0 Å². The Bertz CT molecular complexity index is 1450. The van der Waals surface area contributed by atoms with Crippen LogP contribution in [0.25, 0.3) is 10.1 Å². The Morgan fingerprint density at radius 1 is 0.857 bits per heavy atom. The molecular weight excluding hydrogens is 484 g/mol. The molecule has 35 heavy (non-hydrogen) atoms. The van der Waals surface area contributed by atoms with Gasteiger partial charge in [0.1, 0.15) is 11.5 Å². The van der Waals surface area contributed by atoms with Gasteiger partial charge in [0.2, 0.25) is 0 Å². The molecule has 3 aromatic carbocycles. The minimum Gasteiger partial charge on any atom is -0.497 e. The maximum absolute atomic E-state index is 13.3. The molecule has 0 fully saturated rings. The Hall–Kier alpha value is -3.56. The lowest BCUT2D eigenvalue weighted by molar-refractivity contribution is 0.0997. The molecule has 0 aliphatic rings. The number of sulfonamides is 1. The van der Waals surface area contributed by atoms with Crippen LogP contribution in [0.1, 0.15) is 16.6 Å². The van der Waals surface area contributed by atoms with E-state index in [9.17, 15) is 13.2 Å². The largest absolute Gasteiger partial charge is 0.497 e. The number of amides is 1. The van der Waals surface area contributed by atoms with E-state index in [1.54, 1.807) is 68.4 Å². The summed E-state index contributed by atoms with van der Waals surface area (Å²) in [5, 5.41) is 0.808. The smallest absolute Gasteiger partial charge is 0.268 e. The molecule has 4 rings (SSSR count). The third-order valence-electron chi connectivity index (χ3n) is 5.70. The van der Waals surface area contributed by atoms with Crippen LogP contribution >= 0.6 is 11.3 Å². The maximum Gasteiger partial charge on any atom is 0.268 e. The Labute approximate surface area is 209 Å². The molecule has 182 valence electrons. The maximum atomic E-state index is 13.3. The highest BCUT2D eigenvalue weighted by Gasteiger charge is 2.24. The highest BCUT2D eigenvalue weighted by Crippen LogP contribution is 2.33. The highest BCUT2D eigenvalue weighted by atomic mass is 32.2. The first-order valence-corrected chi connectivity index (χ1v) is 13.2. The van der Waals surface area contributed by atoms with E-state index in [-0.39, 0.29) is 17.3 Å². The van der Waals surface area contributed by atoms with Crippen molar-refractivity contribution in [2.45, 2.75) is 11.8 Å². The van der Waals surface area contributed by atoms with Crippen molar-refractivity contribution >= 4 is 48.7 Å².